The molecule has 0 saturated heterocycles. The molecule has 0 saturated carbocycles. The fraction of sp³-hybridized carbons (Fsp3) is 0.750. The molecule has 0 spiro atoms. The predicted octanol–water partition coefficient (Wildman–Crippen LogP) is 0.432. The monoisotopic (exact) mass is 172 g/mol. The number of rotatable bonds is 3. The summed E-state index contributed by atoms with van der Waals surface area (Å²) < 4.78 is 34.3. The van der Waals surface area contributed by atoms with Crippen LogP contribution in [0.5, 0.6) is 0 Å². The molecule has 1 atom stereocenters. The molecule has 1 unspecified atom stereocenters. The number of carboxylic acid groups (broad SMARTS) is 1. The van der Waals surface area contributed by atoms with Gasteiger partial charge in [0, 0.05) is 5.75 Å². The van der Waals surface area contributed by atoms with E-state index in [4.69, 9.17) is 5.11 Å². The van der Waals surface area contributed by atoms with E-state index in [0.717, 1.165) is 0 Å². The van der Waals surface area contributed by atoms with Crippen LogP contribution in [0.25, 0.3) is 0 Å². The Bertz CT molecular complexity index is 168. The fourth-order valence-electron chi connectivity index (χ4n) is 0.279. The molecule has 0 aromatic heterocycles. The minimum atomic E-state index is -4.10. The van der Waals surface area contributed by atoms with E-state index in [-0.39, 0.29) is 5.75 Å². The van der Waals surface area contributed by atoms with Gasteiger partial charge in [-0.2, -0.15) is 8.78 Å². The van der Waals surface area contributed by atoms with Crippen LogP contribution in [0, 0.1) is 0 Å². The van der Waals surface area contributed by atoms with Gasteiger partial charge in [-0.05, 0) is 0 Å². The lowest BCUT2D eigenvalue weighted by Gasteiger charge is -2.07. The van der Waals surface area contributed by atoms with E-state index in [0.29, 0.717) is 0 Å². The molecule has 0 rings (SSSR count). The molecule has 1 N–H and O–H groups in total. The van der Waals surface area contributed by atoms with Crippen LogP contribution in [0.15, 0.2) is 0 Å². The first-order valence-corrected chi connectivity index (χ1v) is 3.74. The molecule has 0 aliphatic heterocycles. The van der Waals surface area contributed by atoms with Crippen molar-refractivity contribution < 1.29 is 22.9 Å². The van der Waals surface area contributed by atoms with Crippen molar-refractivity contribution in [2.24, 2.45) is 0 Å². The number of halogens is 2. The lowest BCUT2D eigenvalue weighted by molar-refractivity contribution is -0.153. The summed E-state index contributed by atoms with van der Waals surface area (Å²) in [6.07, 6.45) is 0. The highest BCUT2D eigenvalue weighted by molar-refractivity contribution is 7.86. The van der Waals surface area contributed by atoms with E-state index in [2.05, 4.69) is 0 Å². The van der Waals surface area contributed by atoms with Crippen molar-refractivity contribution in [3.63, 3.8) is 0 Å². The first-order valence-electron chi connectivity index (χ1n) is 2.42. The Kier molecular flexibility index (Phi) is 2.89. The van der Waals surface area contributed by atoms with Gasteiger partial charge in [0.2, 0.25) is 0 Å². The van der Waals surface area contributed by atoms with Crippen LogP contribution in [0.2, 0.25) is 0 Å². The van der Waals surface area contributed by atoms with Gasteiger partial charge in [-0.3, -0.25) is 4.21 Å². The zero-order valence-corrected chi connectivity index (χ0v) is 5.95. The van der Waals surface area contributed by atoms with Crippen LogP contribution < -0.4 is 0 Å². The molecule has 0 amide bonds. The molecule has 0 aliphatic rings. The van der Waals surface area contributed by atoms with E-state index in [1.165, 1.54) is 6.92 Å². The second-order valence-electron chi connectivity index (χ2n) is 1.46. The smallest absolute Gasteiger partial charge is 0.415 e. The van der Waals surface area contributed by atoms with Crippen LogP contribution in [0.1, 0.15) is 6.92 Å². The van der Waals surface area contributed by atoms with Crippen LogP contribution in [0.4, 0.5) is 8.78 Å². The lowest BCUT2D eigenvalue weighted by atomic mass is 10.7. The van der Waals surface area contributed by atoms with Gasteiger partial charge in [0.05, 0.1) is 0 Å². The van der Waals surface area contributed by atoms with Crippen molar-refractivity contribution in [1.82, 2.24) is 0 Å². The maximum Gasteiger partial charge on any atom is 0.415 e. The van der Waals surface area contributed by atoms with Gasteiger partial charge in [-0.15, -0.1) is 0 Å². The van der Waals surface area contributed by atoms with E-state index in [1.807, 2.05) is 0 Å². The number of alkyl halides is 2. The van der Waals surface area contributed by atoms with E-state index in [9.17, 15) is 17.8 Å². The van der Waals surface area contributed by atoms with Crippen molar-refractivity contribution in [2.45, 2.75) is 12.2 Å². The Morgan fingerprint density at radius 1 is 1.70 bits per heavy atom. The largest absolute Gasteiger partial charge is 0.476 e. The first kappa shape index (κ1) is 9.48. The topological polar surface area (TPSA) is 54.4 Å². The highest BCUT2D eigenvalue weighted by Crippen LogP contribution is 2.18. The SMILES string of the molecule is CCS(=O)C(F)(F)C(=O)O. The number of aliphatic carboxylic acids is 1. The van der Waals surface area contributed by atoms with Gasteiger partial charge in [-0.25, -0.2) is 4.79 Å². The molecule has 60 valence electrons. The van der Waals surface area contributed by atoms with Gasteiger partial charge in [0.15, 0.2) is 0 Å². The third-order valence-corrected chi connectivity index (χ3v) is 2.07. The number of carboxylic acids is 1. The molecule has 0 fully saturated rings. The maximum atomic E-state index is 12.0. The molecule has 0 heterocycles. The van der Waals surface area contributed by atoms with E-state index < -0.39 is 22.0 Å². The highest BCUT2D eigenvalue weighted by atomic mass is 32.2. The van der Waals surface area contributed by atoms with Crippen molar-refractivity contribution in [3.05, 3.63) is 0 Å². The third-order valence-electron chi connectivity index (χ3n) is 0.797. The fourth-order valence-corrected chi connectivity index (χ4v) is 0.836. The van der Waals surface area contributed by atoms with Crippen LogP contribution >= 0.6 is 0 Å². The standard InChI is InChI=1S/C4H6F2O3S/c1-2-10(9)4(5,6)3(7)8/h2H2,1H3,(H,7,8). The first-order chi connectivity index (χ1) is 4.42. The molecule has 3 nitrogen and oxygen atoms in total. The Morgan fingerprint density at radius 2 is 2.10 bits per heavy atom. The lowest BCUT2D eigenvalue weighted by Crippen LogP contribution is -2.34. The minimum Gasteiger partial charge on any atom is -0.476 e. The molecule has 0 bridgehead atoms. The predicted molar refractivity (Wildman–Crippen MR) is 31.3 cm³/mol. The van der Waals surface area contributed by atoms with Gasteiger partial charge in [0.25, 0.3) is 0 Å². The van der Waals surface area contributed by atoms with E-state index in [1.54, 1.807) is 0 Å². The third kappa shape index (κ3) is 1.73. The van der Waals surface area contributed by atoms with Crippen molar-refractivity contribution in [2.75, 3.05) is 5.75 Å². The van der Waals surface area contributed by atoms with Crippen molar-refractivity contribution in [3.8, 4) is 0 Å². The Morgan fingerprint density at radius 3 is 2.20 bits per heavy atom. The summed E-state index contributed by atoms with van der Waals surface area (Å²) in [7, 11) is -2.60. The Labute approximate surface area is 58.5 Å². The van der Waals surface area contributed by atoms with Gasteiger partial charge < -0.3 is 5.11 Å². The highest BCUT2D eigenvalue weighted by Gasteiger charge is 2.44. The number of hydrogen-bond acceptors (Lipinski definition) is 2. The molecule has 0 radical (unpaired) electrons. The molecule has 0 aromatic rings. The second kappa shape index (κ2) is 3.05. The molecule has 0 aromatic carbocycles. The van der Waals surface area contributed by atoms with Crippen LogP contribution in [-0.4, -0.2) is 26.3 Å². The zero-order chi connectivity index (χ0) is 8.36. The average molecular weight is 172 g/mol. The van der Waals surface area contributed by atoms with E-state index >= 15 is 0 Å². The number of hydrogen-bond donors (Lipinski definition) is 1. The minimum absolute atomic E-state index is 0.362. The molecular weight excluding hydrogens is 166 g/mol. The summed E-state index contributed by atoms with van der Waals surface area (Å²) in [5, 5.41) is 3.70. The Hall–Kier alpha value is -0.520. The normalized spacial score (nSPS) is 14.7. The molecular formula is C4H6F2O3S. The van der Waals surface area contributed by atoms with Gasteiger partial charge in [0.1, 0.15) is 10.8 Å². The quantitative estimate of drug-likeness (QED) is 0.671. The maximum absolute atomic E-state index is 12.0. The molecule has 6 heteroatoms. The zero-order valence-electron chi connectivity index (χ0n) is 5.13. The summed E-state index contributed by atoms with van der Waals surface area (Å²) in [5.74, 6) is -2.70. The second-order valence-corrected chi connectivity index (χ2v) is 3.24. The Balaban J connectivity index is 4.40. The van der Waals surface area contributed by atoms with Crippen LogP contribution in [-0.2, 0) is 15.6 Å². The van der Waals surface area contributed by atoms with Gasteiger partial charge >= 0.3 is 11.2 Å². The summed E-state index contributed by atoms with van der Waals surface area (Å²) in [6, 6.07) is 0. The summed E-state index contributed by atoms with van der Waals surface area (Å²) in [4.78, 5) is 9.68. The summed E-state index contributed by atoms with van der Waals surface area (Å²) in [6.45, 7) is 1.23. The van der Waals surface area contributed by atoms with Crippen molar-refractivity contribution in [1.29, 1.82) is 0 Å². The molecule has 10 heavy (non-hydrogen) atoms. The van der Waals surface area contributed by atoms with Gasteiger partial charge in [-0.1, -0.05) is 6.92 Å². The van der Waals surface area contributed by atoms with Crippen molar-refractivity contribution >= 4 is 16.8 Å². The molecule has 0 aliphatic carbocycles. The summed E-state index contributed by atoms with van der Waals surface area (Å²) in [5.41, 5.74) is 0. The summed E-state index contributed by atoms with van der Waals surface area (Å²) >= 11 is 0. The average Bonchev–Trinajstić information content (AvgIpc) is 1.86. The van der Waals surface area contributed by atoms with Crippen LogP contribution in [0.3, 0.4) is 0 Å². The number of carbonyl (C=O) groups is 1.